The average Bonchev–Trinajstić information content (AvgIpc) is 3.22. The summed E-state index contributed by atoms with van der Waals surface area (Å²) in [5, 5.41) is 0. The lowest BCUT2D eigenvalue weighted by molar-refractivity contribution is 0.303. The first kappa shape index (κ1) is 18.6. The topological polar surface area (TPSA) is 65.1 Å². The summed E-state index contributed by atoms with van der Waals surface area (Å²) >= 11 is 0. The third-order valence-corrected chi connectivity index (χ3v) is 4.41. The number of methoxy groups -OCH3 is 4. The summed E-state index contributed by atoms with van der Waals surface area (Å²) in [6, 6.07) is 5.84. The van der Waals surface area contributed by atoms with E-state index in [0.717, 1.165) is 33.9 Å². The molecule has 1 N–H and O–H groups in total. The van der Waals surface area contributed by atoms with E-state index in [-0.39, 0.29) is 0 Å². The number of rotatable bonds is 6. The zero-order chi connectivity index (χ0) is 19.6. The van der Waals surface area contributed by atoms with Crippen LogP contribution in [0.4, 0.5) is 0 Å². The van der Waals surface area contributed by atoms with Gasteiger partial charge in [0.2, 0.25) is 5.75 Å². The van der Waals surface area contributed by atoms with E-state index < -0.39 is 0 Å². The van der Waals surface area contributed by atoms with Crippen LogP contribution in [-0.4, -0.2) is 39.1 Å². The van der Waals surface area contributed by atoms with Gasteiger partial charge in [0.25, 0.3) is 0 Å². The summed E-state index contributed by atoms with van der Waals surface area (Å²) in [6.07, 6.45) is 3.89. The maximum Gasteiger partial charge on any atom is 0.203 e. The Morgan fingerprint density at radius 1 is 0.889 bits per heavy atom. The molecule has 1 aromatic heterocycles. The smallest absolute Gasteiger partial charge is 0.203 e. The Bertz CT molecular complexity index is 926. The highest BCUT2D eigenvalue weighted by Gasteiger charge is 2.21. The lowest BCUT2D eigenvalue weighted by Crippen LogP contribution is -2.00. The summed E-state index contributed by atoms with van der Waals surface area (Å²) in [7, 11) is 6.41. The molecule has 0 unspecified atom stereocenters. The van der Waals surface area contributed by atoms with Crippen LogP contribution in [-0.2, 0) is 4.74 Å². The third-order valence-electron chi connectivity index (χ3n) is 4.41. The standard InChI is InChI=1S/C21H24N2O4/c1-12-7-13(2)22-15(12)10-17-18(24-3)11-16(23-17)14-8-19(25-4)21(27-6)20(9-14)26-5/h7-11,22H,1-6H3/b17-10-. The number of H-pyrrole nitrogens is 1. The second kappa shape index (κ2) is 7.61. The van der Waals surface area contributed by atoms with Gasteiger partial charge in [0, 0.05) is 23.0 Å². The largest absolute Gasteiger partial charge is 0.494 e. The summed E-state index contributed by atoms with van der Waals surface area (Å²) in [5.41, 5.74) is 5.65. The van der Waals surface area contributed by atoms with Crippen molar-refractivity contribution in [2.24, 2.45) is 4.99 Å². The van der Waals surface area contributed by atoms with Gasteiger partial charge in [0.1, 0.15) is 11.5 Å². The highest BCUT2D eigenvalue weighted by Crippen LogP contribution is 2.39. The molecule has 6 nitrogen and oxygen atoms in total. The van der Waals surface area contributed by atoms with Crippen molar-refractivity contribution in [1.29, 1.82) is 0 Å². The van der Waals surface area contributed by atoms with Crippen LogP contribution in [0.2, 0.25) is 0 Å². The molecular weight excluding hydrogens is 344 g/mol. The molecule has 3 rings (SSSR count). The molecule has 142 valence electrons. The first-order chi connectivity index (χ1) is 13.0. The van der Waals surface area contributed by atoms with Crippen LogP contribution in [0, 0.1) is 13.8 Å². The van der Waals surface area contributed by atoms with Crippen LogP contribution >= 0.6 is 0 Å². The highest BCUT2D eigenvalue weighted by atomic mass is 16.5. The molecule has 2 heterocycles. The quantitative estimate of drug-likeness (QED) is 0.836. The maximum atomic E-state index is 5.53. The average molecular weight is 368 g/mol. The Morgan fingerprint density at radius 3 is 2.04 bits per heavy atom. The van der Waals surface area contributed by atoms with Gasteiger partial charge in [-0.25, -0.2) is 4.99 Å². The minimum absolute atomic E-state index is 0.548. The van der Waals surface area contributed by atoms with Crippen molar-refractivity contribution < 1.29 is 18.9 Å². The first-order valence-corrected chi connectivity index (χ1v) is 8.53. The fourth-order valence-corrected chi connectivity index (χ4v) is 3.10. The lowest BCUT2D eigenvalue weighted by Gasteiger charge is -2.13. The van der Waals surface area contributed by atoms with Crippen LogP contribution in [0.15, 0.2) is 40.7 Å². The lowest BCUT2D eigenvalue weighted by atomic mass is 10.1. The van der Waals surface area contributed by atoms with Gasteiger partial charge in [-0.2, -0.15) is 0 Å². The minimum atomic E-state index is 0.548. The van der Waals surface area contributed by atoms with E-state index in [1.165, 1.54) is 0 Å². The molecule has 6 heteroatoms. The number of hydrogen-bond donors (Lipinski definition) is 1. The number of aromatic amines is 1. The van der Waals surface area contributed by atoms with Gasteiger partial charge in [-0.1, -0.05) is 0 Å². The molecule has 0 fully saturated rings. The molecule has 27 heavy (non-hydrogen) atoms. The van der Waals surface area contributed by atoms with E-state index in [1.807, 2.05) is 31.2 Å². The van der Waals surface area contributed by atoms with Crippen molar-refractivity contribution in [2.45, 2.75) is 13.8 Å². The highest BCUT2D eigenvalue weighted by molar-refractivity contribution is 6.12. The number of aryl methyl sites for hydroxylation is 2. The van der Waals surface area contributed by atoms with Gasteiger partial charge < -0.3 is 23.9 Å². The Hall–Kier alpha value is -3.15. The van der Waals surface area contributed by atoms with Crippen LogP contribution in [0.5, 0.6) is 17.2 Å². The number of benzene rings is 1. The molecule has 0 amide bonds. The number of nitrogens with zero attached hydrogens (tertiary/aromatic N) is 1. The second-order valence-corrected chi connectivity index (χ2v) is 6.20. The molecule has 0 saturated carbocycles. The molecule has 1 aliphatic rings. The molecule has 2 aromatic rings. The van der Waals surface area contributed by atoms with Gasteiger partial charge in [0.05, 0.1) is 34.2 Å². The fourth-order valence-electron chi connectivity index (χ4n) is 3.10. The monoisotopic (exact) mass is 368 g/mol. The molecule has 1 aliphatic heterocycles. The molecular formula is C21H24N2O4. The van der Waals surface area contributed by atoms with Gasteiger partial charge in [-0.15, -0.1) is 0 Å². The molecule has 0 atom stereocenters. The van der Waals surface area contributed by atoms with Crippen LogP contribution in [0.1, 0.15) is 22.5 Å². The molecule has 0 saturated heterocycles. The second-order valence-electron chi connectivity index (χ2n) is 6.20. The van der Waals surface area contributed by atoms with E-state index in [0.29, 0.717) is 23.0 Å². The van der Waals surface area contributed by atoms with E-state index >= 15 is 0 Å². The SMILES string of the molecule is COC1=CC(c2cc(OC)c(OC)c(OC)c2)=N/C1=C\c1[nH]c(C)cc1C. The maximum absolute atomic E-state index is 5.53. The summed E-state index contributed by atoms with van der Waals surface area (Å²) in [4.78, 5) is 8.09. The summed E-state index contributed by atoms with van der Waals surface area (Å²) < 4.78 is 21.8. The Labute approximate surface area is 159 Å². The van der Waals surface area contributed by atoms with Crippen LogP contribution in [0.25, 0.3) is 6.08 Å². The van der Waals surface area contributed by atoms with Crippen molar-refractivity contribution in [1.82, 2.24) is 4.98 Å². The zero-order valence-electron chi connectivity index (χ0n) is 16.5. The predicted octanol–water partition coefficient (Wildman–Crippen LogP) is 4.03. The predicted molar refractivity (Wildman–Crippen MR) is 106 cm³/mol. The summed E-state index contributed by atoms with van der Waals surface area (Å²) in [6.45, 7) is 4.09. The molecule has 0 bridgehead atoms. The molecule has 0 aliphatic carbocycles. The van der Waals surface area contributed by atoms with Gasteiger partial charge in [0.15, 0.2) is 11.5 Å². The third kappa shape index (κ3) is 3.56. The van der Waals surface area contributed by atoms with Crippen LogP contribution < -0.4 is 14.2 Å². The number of aliphatic imine (C=N–C) groups is 1. The summed E-state index contributed by atoms with van der Waals surface area (Å²) in [5.74, 6) is 2.40. The van der Waals surface area contributed by atoms with Crippen molar-refractivity contribution in [3.05, 3.63) is 58.2 Å². The first-order valence-electron chi connectivity index (χ1n) is 8.53. The van der Waals surface area contributed by atoms with Crippen molar-refractivity contribution >= 4 is 11.8 Å². The normalized spacial score (nSPS) is 14.8. The van der Waals surface area contributed by atoms with Crippen molar-refractivity contribution in [3.63, 3.8) is 0 Å². The van der Waals surface area contributed by atoms with E-state index in [2.05, 4.69) is 18.0 Å². The van der Waals surface area contributed by atoms with Crippen molar-refractivity contribution in [2.75, 3.05) is 28.4 Å². The Kier molecular flexibility index (Phi) is 5.26. The fraction of sp³-hybridized carbons (Fsp3) is 0.286. The van der Waals surface area contributed by atoms with E-state index in [1.54, 1.807) is 28.4 Å². The number of aromatic nitrogens is 1. The van der Waals surface area contributed by atoms with Gasteiger partial charge >= 0.3 is 0 Å². The minimum Gasteiger partial charge on any atom is -0.494 e. The Morgan fingerprint density at radius 2 is 1.56 bits per heavy atom. The zero-order valence-corrected chi connectivity index (χ0v) is 16.5. The van der Waals surface area contributed by atoms with E-state index in [9.17, 15) is 0 Å². The van der Waals surface area contributed by atoms with Crippen molar-refractivity contribution in [3.8, 4) is 17.2 Å². The van der Waals surface area contributed by atoms with E-state index in [4.69, 9.17) is 23.9 Å². The van der Waals surface area contributed by atoms with Gasteiger partial charge in [-0.3, -0.25) is 0 Å². The number of ether oxygens (including phenoxy) is 4. The molecule has 0 spiro atoms. The van der Waals surface area contributed by atoms with Gasteiger partial charge in [-0.05, 0) is 43.7 Å². The van der Waals surface area contributed by atoms with Crippen LogP contribution in [0.3, 0.4) is 0 Å². The number of allylic oxidation sites excluding steroid dienone is 1. The molecule has 1 aromatic carbocycles. The number of nitrogens with one attached hydrogen (secondary N) is 1. The number of hydrogen-bond acceptors (Lipinski definition) is 5. The Balaban J connectivity index is 2.07. The molecule has 0 radical (unpaired) electrons.